The number of halogens is 4. The molecule has 3 nitrogen and oxygen atoms in total. The van der Waals surface area contributed by atoms with Crippen LogP contribution in [0.4, 0.5) is 17.6 Å². The maximum atomic E-state index is 13.4. The van der Waals surface area contributed by atoms with Gasteiger partial charge in [-0.15, -0.1) is 0 Å². The van der Waals surface area contributed by atoms with Crippen LogP contribution in [0.25, 0.3) is 0 Å². The Morgan fingerprint density at radius 1 is 1.39 bits per heavy atom. The molecule has 18 heavy (non-hydrogen) atoms. The predicted molar refractivity (Wildman–Crippen MR) is 52.8 cm³/mol. The molecule has 0 aromatic heterocycles. The van der Waals surface area contributed by atoms with Gasteiger partial charge < -0.3 is 9.66 Å². The Morgan fingerprint density at radius 3 is 2.56 bits per heavy atom. The van der Waals surface area contributed by atoms with Gasteiger partial charge in [-0.1, -0.05) is 17.1 Å². The van der Waals surface area contributed by atoms with E-state index in [4.69, 9.17) is 0 Å². The van der Waals surface area contributed by atoms with Crippen molar-refractivity contribution < 1.29 is 31.4 Å². The van der Waals surface area contributed by atoms with Gasteiger partial charge in [0.05, 0.1) is 0 Å². The van der Waals surface area contributed by atoms with E-state index >= 15 is 0 Å². The summed E-state index contributed by atoms with van der Waals surface area (Å²) in [5.41, 5.74) is -1.86. The molecular formula is C10H7F4O3S-. The molecular weight excluding hydrogens is 276 g/mol. The molecule has 0 amide bonds. The minimum atomic E-state index is -4.16. The van der Waals surface area contributed by atoms with Gasteiger partial charge in [-0.3, -0.25) is 4.21 Å². The summed E-state index contributed by atoms with van der Waals surface area (Å²) in [5.74, 6) is -6.08. The summed E-state index contributed by atoms with van der Waals surface area (Å²) in [5, 5.41) is 9.34. The summed E-state index contributed by atoms with van der Waals surface area (Å²) in [4.78, 5) is 0. The van der Waals surface area contributed by atoms with Gasteiger partial charge in [0.1, 0.15) is 11.9 Å². The molecule has 2 rings (SSSR count). The van der Waals surface area contributed by atoms with Crippen LogP contribution in [0.3, 0.4) is 0 Å². The molecule has 0 fully saturated rings. The number of fused-ring (bicyclic) bond motifs is 1. The summed E-state index contributed by atoms with van der Waals surface area (Å²) < 4.78 is 74.4. The zero-order chi connectivity index (χ0) is 13.7. The van der Waals surface area contributed by atoms with Crippen LogP contribution in [0.15, 0.2) is 12.1 Å². The molecule has 1 N–H and O–H groups in total. The van der Waals surface area contributed by atoms with Crippen LogP contribution in [0.5, 0.6) is 0 Å². The Balaban J connectivity index is 2.63. The number of benzene rings is 1. The second-order valence-electron chi connectivity index (χ2n) is 3.92. The predicted octanol–water partition coefficient (Wildman–Crippen LogP) is 1.90. The van der Waals surface area contributed by atoms with E-state index in [1.165, 1.54) is 0 Å². The summed E-state index contributed by atoms with van der Waals surface area (Å²) >= 11 is -2.62. The Bertz CT molecular complexity index is 520. The molecule has 0 bridgehead atoms. The average Bonchev–Trinajstić information content (AvgIpc) is 2.44. The number of hydrogen-bond acceptors (Lipinski definition) is 3. The summed E-state index contributed by atoms with van der Waals surface area (Å²) in [6.45, 7) is 0. The van der Waals surface area contributed by atoms with Crippen molar-refractivity contribution in [2.24, 2.45) is 0 Å². The van der Waals surface area contributed by atoms with Crippen LogP contribution < -0.4 is 0 Å². The summed E-state index contributed by atoms with van der Waals surface area (Å²) in [6.07, 6.45) is -5.53. The van der Waals surface area contributed by atoms with Gasteiger partial charge in [0.15, 0.2) is 6.17 Å². The van der Waals surface area contributed by atoms with E-state index in [0.29, 0.717) is 6.07 Å². The first kappa shape index (κ1) is 13.4. The van der Waals surface area contributed by atoms with Gasteiger partial charge in [0, 0.05) is 11.3 Å². The minimum Gasteiger partial charge on any atom is -0.772 e. The lowest BCUT2D eigenvalue weighted by Gasteiger charge is -2.17. The molecule has 8 heteroatoms. The molecule has 100 valence electrons. The zero-order valence-electron chi connectivity index (χ0n) is 8.70. The van der Waals surface area contributed by atoms with E-state index in [-0.39, 0.29) is 5.56 Å². The van der Waals surface area contributed by atoms with Crippen LogP contribution in [-0.2, 0) is 16.8 Å². The van der Waals surface area contributed by atoms with E-state index < -0.39 is 52.0 Å². The van der Waals surface area contributed by atoms with E-state index in [1.54, 1.807) is 0 Å². The highest BCUT2D eigenvalue weighted by molar-refractivity contribution is 7.78. The fourth-order valence-corrected chi connectivity index (χ4v) is 2.52. The average molecular weight is 283 g/mol. The first-order chi connectivity index (χ1) is 8.26. The van der Waals surface area contributed by atoms with Crippen molar-refractivity contribution in [2.45, 2.75) is 24.0 Å². The van der Waals surface area contributed by atoms with Gasteiger partial charge in [-0.2, -0.15) is 8.78 Å². The molecule has 1 aromatic carbocycles. The molecule has 0 saturated carbocycles. The summed E-state index contributed by atoms with van der Waals surface area (Å²) in [6, 6.07) is 1.66. The highest BCUT2D eigenvalue weighted by atomic mass is 32.2. The molecule has 0 radical (unpaired) electrons. The van der Waals surface area contributed by atoms with Crippen LogP contribution in [-0.4, -0.2) is 19.8 Å². The second kappa shape index (κ2) is 4.29. The van der Waals surface area contributed by atoms with Crippen molar-refractivity contribution in [3.8, 4) is 0 Å². The number of aliphatic hydroxyl groups excluding tert-OH is 1. The minimum absolute atomic E-state index is 0.230. The van der Waals surface area contributed by atoms with E-state index in [2.05, 4.69) is 0 Å². The highest BCUT2D eigenvalue weighted by Gasteiger charge is 2.57. The molecule has 1 aliphatic rings. The third kappa shape index (κ3) is 1.84. The van der Waals surface area contributed by atoms with E-state index in [1.807, 2.05) is 0 Å². The van der Waals surface area contributed by atoms with Gasteiger partial charge in [-0.25, -0.2) is 8.78 Å². The van der Waals surface area contributed by atoms with Gasteiger partial charge in [-0.05, 0) is 17.2 Å². The molecule has 0 heterocycles. The molecule has 0 aliphatic heterocycles. The van der Waals surface area contributed by atoms with Crippen molar-refractivity contribution in [3.05, 3.63) is 34.6 Å². The van der Waals surface area contributed by atoms with E-state index in [0.717, 1.165) is 6.07 Å². The Hall–Kier alpha value is -0.990. The lowest BCUT2D eigenvalue weighted by atomic mass is 10.0. The molecule has 3 atom stereocenters. The van der Waals surface area contributed by atoms with Gasteiger partial charge in [0.2, 0.25) is 0 Å². The van der Waals surface area contributed by atoms with Crippen molar-refractivity contribution in [1.82, 2.24) is 0 Å². The third-order valence-electron chi connectivity index (χ3n) is 2.83. The van der Waals surface area contributed by atoms with E-state index in [9.17, 15) is 31.4 Å². The fraction of sp³-hybridized carbons (Fsp3) is 0.400. The standard InChI is InChI=1S/C10H8F4O3S/c11-5-2-1-4(3-18(16)17)6-7(5)8(12)10(13,14)9(6)15/h1-2,8-9,15H,3H2,(H,16,17)/p-1/t8-,9+/m1/s1. The van der Waals surface area contributed by atoms with Gasteiger partial charge >= 0.3 is 5.92 Å². The normalized spacial score (nSPS) is 27.0. The van der Waals surface area contributed by atoms with Crippen molar-refractivity contribution in [3.63, 3.8) is 0 Å². The van der Waals surface area contributed by atoms with Crippen LogP contribution in [0.1, 0.15) is 29.0 Å². The lowest BCUT2D eigenvalue weighted by Crippen LogP contribution is -2.24. The van der Waals surface area contributed by atoms with Crippen LogP contribution in [0.2, 0.25) is 0 Å². The molecule has 1 unspecified atom stereocenters. The lowest BCUT2D eigenvalue weighted by molar-refractivity contribution is -0.143. The second-order valence-corrected chi connectivity index (χ2v) is 4.82. The first-order valence-corrected chi connectivity index (χ1v) is 6.08. The van der Waals surface area contributed by atoms with Crippen LogP contribution in [0, 0.1) is 5.82 Å². The Kier molecular flexibility index (Phi) is 3.20. The number of alkyl halides is 3. The quantitative estimate of drug-likeness (QED) is 0.666. The smallest absolute Gasteiger partial charge is 0.312 e. The highest BCUT2D eigenvalue weighted by Crippen LogP contribution is 2.54. The van der Waals surface area contributed by atoms with Crippen molar-refractivity contribution in [2.75, 3.05) is 0 Å². The van der Waals surface area contributed by atoms with Gasteiger partial charge in [0.25, 0.3) is 0 Å². The Labute approximate surface area is 102 Å². The largest absolute Gasteiger partial charge is 0.772 e. The maximum absolute atomic E-state index is 13.4. The number of hydrogen-bond donors (Lipinski definition) is 1. The first-order valence-electron chi connectivity index (χ1n) is 4.83. The Morgan fingerprint density at radius 2 is 2.00 bits per heavy atom. The molecule has 1 aromatic rings. The topological polar surface area (TPSA) is 60.4 Å². The summed E-state index contributed by atoms with van der Waals surface area (Å²) in [7, 11) is 0. The van der Waals surface area contributed by atoms with Crippen molar-refractivity contribution in [1.29, 1.82) is 0 Å². The molecule has 0 saturated heterocycles. The monoisotopic (exact) mass is 283 g/mol. The number of aliphatic hydroxyl groups is 1. The maximum Gasteiger partial charge on any atom is 0.312 e. The van der Waals surface area contributed by atoms with Crippen molar-refractivity contribution >= 4 is 11.1 Å². The molecule has 0 spiro atoms. The molecule has 1 aliphatic carbocycles. The van der Waals surface area contributed by atoms with Crippen LogP contribution >= 0.6 is 0 Å². The SMILES string of the molecule is O=S([O-])Cc1ccc(F)c2c1[C@H](O)C(F)(F)[C@@H]2F. The fourth-order valence-electron chi connectivity index (χ4n) is 2.01. The zero-order valence-corrected chi connectivity index (χ0v) is 9.52. The third-order valence-corrected chi connectivity index (χ3v) is 3.37. The number of rotatable bonds is 2.